The molecule has 4 nitrogen and oxygen atoms in total. The highest BCUT2D eigenvalue weighted by molar-refractivity contribution is 6.21. The van der Waals surface area contributed by atoms with Crippen LogP contribution in [0.3, 0.4) is 0 Å². The third kappa shape index (κ3) is 7.26. The van der Waals surface area contributed by atoms with Crippen molar-refractivity contribution in [2.45, 2.75) is 63.7 Å². The van der Waals surface area contributed by atoms with Crippen molar-refractivity contribution >= 4 is 33.5 Å². The second kappa shape index (κ2) is 16.5. The highest BCUT2D eigenvalue weighted by Gasteiger charge is 2.42. The molecular weight excluding hydrogens is 665 g/mol. The minimum absolute atomic E-state index is 0.190. The summed E-state index contributed by atoms with van der Waals surface area (Å²) in [6.45, 7) is 9.98. The zero-order valence-electron chi connectivity index (χ0n) is 31.2. The molecule has 1 aliphatic rings. The Labute approximate surface area is 319 Å². The summed E-state index contributed by atoms with van der Waals surface area (Å²) in [6, 6.07) is 42.7. The molecule has 1 aliphatic carbocycles. The topological polar surface area (TPSA) is 52.6 Å². The van der Waals surface area contributed by atoms with Crippen LogP contribution >= 0.6 is 0 Å². The molecule has 4 heteroatoms. The number of benzene rings is 6. The highest BCUT2D eigenvalue weighted by atomic mass is 16.5. The molecule has 0 saturated carbocycles. The Balaban J connectivity index is 1.32. The van der Waals surface area contributed by atoms with Gasteiger partial charge in [0.25, 0.3) is 0 Å². The molecule has 272 valence electrons. The first-order valence-electron chi connectivity index (χ1n) is 19.3. The van der Waals surface area contributed by atoms with E-state index in [4.69, 9.17) is 9.47 Å². The first kappa shape index (κ1) is 36.6. The third-order valence-corrected chi connectivity index (χ3v) is 11.1. The van der Waals surface area contributed by atoms with E-state index in [1.54, 1.807) is 0 Å². The van der Waals surface area contributed by atoms with Crippen LogP contribution < -0.4 is 0 Å². The quantitative estimate of drug-likeness (QED) is 0.0434. The summed E-state index contributed by atoms with van der Waals surface area (Å²) in [7, 11) is 0. The van der Waals surface area contributed by atoms with E-state index in [1.165, 1.54) is 83.8 Å². The lowest BCUT2D eigenvalue weighted by molar-refractivity contribution is -0.138. The minimum atomic E-state index is -0.372. The number of carbonyl (C=O) groups excluding carboxylic acids is 2. The van der Waals surface area contributed by atoms with Gasteiger partial charge in [-0.3, -0.25) is 0 Å². The van der Waals surface area contributed by atoms with Crippen LogP contribution in [0.5, 0.6) is 0 Å². The largest absolute Gasteiger partial charge is 0.463 e. The zero-order chi connectivity index (χ0) is 37.5. The summed E-state index contributed by atoms with van der Waals surface area (Å²) in [5.41, 5.74) is 11.4. The fourth-order valence-corrected chi connectivity index (χ4v) is 8.62. The second-order valence-electron chi connectivity index (χ2n) is 14.5. The van der Waals surface area contributed by atoms with Crippen LogP contribution in [0.4, 0.5) is 0 Å². The van der Waals surface area contributed by atoms with Crippen LogP contribution in [0, 0.1) is 6.92 Å². The molecule has 7 rings (SSSR count). The van der Waals surface area contributed by atoms with E-state index in [0.717, 1.165) is 51.4 Å². The van der Waals surface area contributed by atoms with Crippen molar-refractivity contribution < 1.29 is 19.1 Å². The predicted octanol–water partition coefficient (Wildman–Crippen LogP) is 12.5. The Morgan fingerprint density at radius 1 is 0.537 bits per heavy atom. The lowest BCUT2D eigenvalue weighted by atomic mass is 9.70. The molecule has 0 bridgehead atoms. The molecule has 0 spiro atoms. The van der Waals surface area contributed by atoms with Crippen LogP contribution in [0.25, 0.3) is 54.9 Å². The van der Waals surface area contributed by atoms with Gasteiger partial charge in [0, 0.05) is 17.6 Å². The van der Waals surface area contributed by atoms with E-state index in [9.17, 15) is 9.59 Å². The molecule has 0 radical (unpaired) electrons. The number of hydrogen-bond acceptors (Lipinski definition) is 4. The minimum Gasteiger partial charge on any atom is -0.463 e. The fourth-order valence-electron chi connectivity index (χ4n) is 8.62. The molecular formula is C50H48O4. The molecule has 0 fully saturated rings. The first-order chi connectivity index (χ1) is 26.4. The van der Waals surface area contributed by atoms with Gasteiger partial charge >= 0.3 is 11.9 Å². The van der Waals surface area contributed by atoms with Crippen molar-refractivity contribution in [3.63, 3.8) is 0 Å². The summed E-state index contributed by atoms with van der Waals surface area (Å²) in [6.07, 6.45) is 9.93. The van der Waals surface area contributed by atoms with E-state index in [0.29, 0.717) is 13.2 Å². The maximum Gasteiger partial charge on any atom is 0.330 e. The number of aryl methyl sites for hydroxylation is 1. The van der Waals surface area contributed by atoms with Crippen LogP contribution in [0.2, 0.25) is 0 Å². The molecule has 0 atom stereocenters. The number of carbonyl (C=O) groups is 2. The lowest BCUT2D eigenvalue weighted by Gasteiger charge is -2.33. The average molecular weight is 713 g/mol. The van der Waals surface area contributed by atoms with Gasteiger partial charge in [-0.15, -0.1) is 0 Å². The van der Waals surface area contributed by atoms with E-state index in [1.807, 2.05) is 0 Å². The van der Waals surface area contributed by atoms with Gasteiger partial charge in [-0.05, 0) is 105 Å². The lowest BCUT2D eigenvalue weighted by Crippen LogP contribution is -2.25. The van der Waals surface area contributed by atoms with Crippen LogP contribution in [-0.4, -0.2) is 25.2 Å². The van der Waals surface area contributed by atoms with E-state index in [2.05, 4.69) is 135 Å². The molecule has 0 aromatic heterocycles. The van der Waals surface area contributed by atoms with E-state index < -0.39 is 0 Å². The molecule has 0 unspecified atom stereocenters. The van der Waals surface area contributed by atoms with Gasteiger partial charge in [-0.25, -0.2) is 9.59 Å². The average Bonchev–Trinajstić information content (AvgIpc) is 3.48. The normalized spacial score (nSPS) is 12.6. The van der Waals surface area contributed by atoms with Crippen LogP contribution in [-0.2, 0) is 24.5 Å². The Bertz CT molecular complexity index is 2240. The summed E-state index contributed by atoms with van der Waals surface area (Å²) in [5, 5.41) is 4.99. The standard InChI is InChI=1S/C50H48O4/c1-4-46(51)53-32-16-6-14-30-50(31-15-7-17-33-54-47(52)5-2)44-23-13-12-18-38(44)39-29-28-37(34-45(39)50)49-42-21-10-8-19-40(42)48(36-26-24-35(3)25-27-36)41-20-9-11-22-43(41)49/h4-5,8-13,18-29,34H,1-2,6-7,14-17,30-33H2,3H3. The van der Waals surface area contributed by atoms with Crippen molar-refractivity contribution in [1.29, 1.82) is 0 Å². The molecule has 54 heavy (non-hydrogen) atoms. The van der Waals surface area contributed by atoms with Crippen LogP contribution in [0.1, 0.15) is 68.1 Å². The highest BCUT2D eigenvalue weighted by Crippen LogP contribution is 2.55. The van der Waals surface area contributed by atoms with Gasteiger partial charge in [-0.2, -0.15) is 0 Å². The number of esters is 2. The SMILES string of the molecule is C=CC(=O)OCCCCCC1(CCCCCOC(=O)C=C)c2ccccc2-c2ccc(-c3c4ccccc4c(-c4ccc(C)cc4)c4ccccc34)cc21. The Morgan fingerprint density at radius 2 is 1.00 bits per heavy atom. The molecule has 6 aromatic rings. The summed E-state index contributed by atoms with van der Waals surface area (Å²) < 4.78 is 10.6. The maximum atomic E-state index is 11.7. The summed E-state index contributed by atoms with van der Waals surface area (Å²) in [4.78, 5) is 23.3. The fraction of sp³-hybridized carbons (Fsp3) is 0.240. The van der Waals surface area contributed by atoms with Gasteiger partial charge in [0.2, 0.25) is 0 Å². The van der Waals surface area contributed by atoms with Crippen molar-refractivity contribution in [3.8, 4) is 33.4 Å². The summed E-state index contributed by atoms with van der Waals surface area (Å²) >= 11 is 0. The number of fused-ring (bicyclic) bond motifs is 5. The smallest absolute Gasteiger partial charge is 0.330 e. The van der Waals surface area contributed by atoms with Crippen molar-refractivity contribution in [2.24, 2.45) is 0 Å². The van der Waals surface area contributed by atoms with Gasteiger partial charge < -0.3 is 9.47 Å². The second-order valence-corrected chi connectivity index (χ2v) is 14.5. The zero-order valence-corrected chi connectivity index (χ0v) is 31.2. The van der Waals surface area contributed by atoms with Crippen LogP contribution in [0.15, 0.2) is 141 Å². The molecule has 0 N–H and O–H groups in total. The van der Waals surface area contributed by atoms with Gasteiger partial charge in [0.15, 0.2) is 0 Å². The monoisotopic (exact) mass is 712 g/mol. The first-order valence-corrected chi connectivity index (χ1v) is 19.3. The Hall–Kier alpha value is -5.74. The third-order valence-electron chi connectivity index (χ3n) is 11.1. The van der Waals surface area contributed by atoms with Gasteiger partial charge in [0.05, 0.1) is 13.2 Å². The van der Waals surface area contributed by atoms with Crippen molar-refractivity contribution in [1.82, 2.24) is 0 Å². The predicted molar refractivity (Wildman–Crippen MR) is 223 cm³/mol. The molecule has 0 amide bonds. The van der Waals surface area contributed by atoms with Gasteiger partial charge in [0.1, 0.15) is 0 Å². The molecule has 0 aliphatic heterocycles. The number of ether oxygens (including phenoxy) is 2. The molecule has 0 saturated heterocycles. The van der Waals surface area contributed by atoms with Gasteiger partial charge in [-0.1, -0.05) is 154 Å². The molecule has 0 heterocycles. The maximum absolute atomic E-state index is 11.7. The Kier molecular flexibility index (Phi) is 11.2. The van der Waals surface area contributed by atoms with Crippen molar-refractivity contribution in [2.75, 3.05) is 13.2 Å². The molecule has 6 aromatic carbocycles. The Morgan fingerprint density at radius 3 is 1.54 bits per heavy atom. The number of hydrogen-bond donors (Lipinski definition) is 0. The number of rotatable bonds is 16. The number of unbranched alkanes of at least 4 members (excludes halogenated alkanes) is 4. The van der Waals surface area contributed by atoms with E-state index in [-0.39, 0.29) is 17.4 Å². The van der Waals surface area contributed by atoms with Crippen molar-refractivity contribution in [3.05, 3.63) is 157 Å². The van der Waals surface area contributed by atoms with E-state index >= 15 is 0 Å². The summed E-state index contributed by atoms with van der Waals surface area (Å²) in [5.74, 6) is -0.744.